The zero-order valence-corrected chi connectivity index (χ0v) is 14.5. The highest BCUT2D eigenvalue weighted by molar-refractivity contribution is 6.31. The van der Waals surface area contributed by atoms with Crippen molar-refractivity contribution in [2.24, 2.45) is 5.92 Å². The zero-order chi connectivity index (χ0) is 17.8. The molecule has 2 amide bonds. The van der Waals surface area contributed by atoms with Gasteiger partial charge in [-0.25, -0.2) is 4.79 Å². The molecule has 2 N–H and O–H groups in total. The SMILES string of the molecule is C[C@H]1C(=O)N[C@H](c2ccccc2Cl)[C@H]1NC(=O)OCc1ccccc1. The summed E-state index contributed by atoms with van der Waals surface area (Å²) in [5, 5.41) is 6.25. The molecule has 25 heavy (non-hydrogen) atoms. The van der Waals surface area contributed by atoms with Crippen molar-refractivity contribution < 1.29 is 14.3 Å². The maximum atomic E-state index is 12.2. The van der Waals surface area contributed by atoms with Gasteiger partial charge in [0.25, 0.3) is 0 Å². The van der Waals surface area contributed by atoms with Crippen LogP contribution in [0.15, 0.2) is 54.6 Å². The molecule has 1 aliphatic heterocycles. The minimum atomic E-state index is -0.561. The molecule has 1 heterocycles. The number of carbonyl (C=O) groups is 2. The van der Waals surface area contributed by atoms with Crippen LogP contribution >= 0.6 is 11.6 Å². The quantitative estimate of drug-likeness (QED) is 0.879. The van der Waals surface area contributed by atoms with E-state index in [1.165, 1.54) is 0 Å². The van der Waals surface area contributed by atoms with Gasteiger partial charge in [0, 0.05) is 5.02 Å². The van der Waals surface area contributed by atoms with Gasteiger partial charge >= 0.3 is 6.09 Å². The molecule has 2 aromatic carbocycles. The highest BCUT2D eigenvalue weighted by atomic mass is 35.5. The summed E-state index contributed by atoms with van der Waals surface area (Å²) < 4.78 is 5.27. The summed E-state index contributed by atoms with van der Waals surface area (Å²) in [6.07, 6.45) is -0.561. The Labute approximate surface area is 151 Å². The number of hydrogen-bond acceptors (Lipinski definition) is 3. The van der Waals surface area contributed by atoms with Gasteiger partial charge in [-0.05, 0) is 17.2 Å². The van der Waals surface area contributed by atoms with Crippen LogP contribution in [0.2, 0.25) is 5.02 Å². The fourth-order valence-electron chi connectivity index (χ4n) is 2.93. The first-order valence-corrected chi connectivity index (χ1v) is 8.46. The van der Waals surface area contributed by atoms with Crippen LogP contribution < -0.4 is 10.6 Å². The van der Waals surface area contributed by atoms with Gasteiger partial charge in [-0.3, -0.25) is 4.79 Å². The van der Waals surface area contributed by atoms with E-state index in [1.54, 1.807) is 13.0 Å². The molecule has 0 spiro atoms. The van der Waals surface area contributed by atoms with Crippen LogP contribution in [0.1, 0.15) is 24.1 Å². The monoisotopic (exact) mass is 358 g/mol. The van der Waals surface area contributed by atoms with Gasteiger partial charge in [0.1, 0.15) is 6.61 Å². The summed E-state index contributed by atoms with van der Waals surface area (Å²) in [6.45, 7) is 1.94. The molecule has 1 fully saturated rings. The lowest BCUT2D eigenvalue weighted by atomic mass is 9.95. The van der Waals surface area contributed by atoms with E-state index < -0.39 is 12.1 Å². The molecule has 6 heteroatoms. The molecular formula is C19H19ClN2O3. The lowest BCUT2D eigenvalue weighted by molar-refractivity contribution is -0.122. The van der Waals surface area contributed by atoms with E-state index in [9.17, 15) is 9.59 Å². The molecular weight excluding hydrogens is 340 g/mol. The van der Waals surface area contributed by atoms with E-state index >= 15 is 0 Å². The summed E-state index contributed by atoms with van der Waals surface area (Å²) in [5.41, 5.74) is 1.67. The first kappa shape index (κ1) is 17.3. The summed E-state index contributed by atoms with van der Waals surface area (Å²) in [6, 6.07) is 15.9. The van der Waals surface area contributed by atoms with Crippen molar-refractivity contribution in [3.05, 3.63) is 70.7 Å². The second kappa shape index (κ2) is 7.57. The van der Waals surface area contributed by atoms with E-state index in [4.69, 9.17) is 16.3 Å². The van der Waals surface area contributed by atoms with Crippen LogP contribution in [0.3, 0.4) is 0 Å². The Morgan fingerprint density at radius 1 is 1.16 bits per heavy atom. The number of halogens is 1. The standard InChI is InChI=1S/C19H19ClN2O3/c1-12-16(22-19(24)25-11-13-7-3-2-4-8-13)17(21-18(12)23)14-9-5-6-10-15(14)20/h2-10,12,16-17H,11H2,1H3,(H,21,23)(H,22,24)/t12-,16+,17-/m1/s1. The summed E-state index contributed by atoms with van der Waals surface area (Å²) in [5.74, 6) is -0.510. The van der Waals surface area contributed by atoms with Crippen LogP contribution in [-0.2, 0) is 16.1 Å². The first-order valence-electron chi connectivity index (χ1n) is 8.08. The Balaban J connectivity index is 1.69. The number of carbonyl (C=O) groups excluding carboxylic acids is 2. The van der Waals surface area contributed by atoms with E-state index in [2.05, 4.69) is 10.6 Å². The lowest BCUT2D eigenvalue weighted by Gasteiger charge is -2.23. The average molecular weight is 359 g/mol. The number of hydrogen-bond donors (Lipinski definition) is 2. The number of benzene rings is 2. The van der Waals surface area contributed by atoms with Crippen molar-refractivity contribution in [3.8, 4) is 0 Å². The van der Waals surface area contributed by atoms with Crippen LogP contribution in [0.5, 0.6) is 0 Å². The minimum Gasteiger partial charge on any atom is -0.445 e. The van der Waals surface area contributed by atoms with Crippen molar-refractivity contribution in [1.29, 1.82) is 0 Å². The number of rotatable bonds is 4. The van der Waals surface area contributed by atoms with Crippen LogP contribution in [0.4, 0.5) is 4.79 Å². The highest BCUT2D eigenvalue weighted by Crippen LogP contribution is 2.32. The fraction of sp³-hybridized carbons (Fsp3) is 0.263. The van der Waals surface area contributed by atoms with E-state index in [0.29, 0.717) is 5.02 Å². The van der Waals surface area contributed by atoms with Gasteiger partial charge in [-0.1, -0.05) is 67.1 Å². The topological polar surface area (TPSA) is 67.4 Å². The van der Waals surface area contributed by atoms with Gasteiger partial charge < -0.3 is 15.4 Å². The predicted octanol–water partition coefficient (Wildman–Crippen LogP) is 3.44. The molecule has 0 saturated carbocycles. The van der Waals surface area contributed by atoms with Crippen molar-refractivity contribution in [3.63, 3.8) is 0 Å². The Hall–Kier alpha value is -2.53. The molecule has 3 atom stereocenters. The summed E-state index contributed by atoms with van der Waals surface area (Å²) in [4.78, 5) is 24.3. The Morgan fingerprint density at radius 2 is 1.84 bits per heavy atom. The third-order valence-corrected chi connectivity index (χ3v) is 4.69. The van der Waals surface area contributed by atoms with Crippen molar-refractivity contribution >= 4 is 23.6 Å². The average Bonchev–Trinajstić information content (AvgIpc) is 2.89. The molecule has 1 saturated heterocycles. The lowest BCUT2D eigenvalue weighted by Crippen LogP contribution is -2.41. The van der Waals surface area contributed by atoms with Gasteiger partial charge in [0.05, 0.1) is 18.0 Å². The minimum absolute atomic E-state index is 0.127. The normalized spacial score (nSPS) is 22.3. The molecule has 0 radical (unpaired) electrons. The van der Waals surface area contributed by atoms with Gasteiger partial charge in [0.2, 0.25) is 5.91 Å². The molecule has 130 valence electrons. The van der Waals surface area contributed by atoms with Crippen LogP contribution in [0.25, 0.3) is 0 Å². The Kier molecular flexibility index (Phi) is 5.24. The maximum absolute atomic E-state index is 12.2. The molecule has 3 rings (SSSR count). The number of amides is 2. The Morgan fingerprint density at radius 3 is 2.56 bits per heavy atom. The van der Waals surface area contributed by atoms with Crippen LogP contribution in [-0.4, -0.2) is 18.0 Å². The van der Waals surface area contributed by atoms with E-state index in [-0.39, 0.29) is 24.5 Å². The second-order valence-corrected chi connectivity index (χ2v) is 6.44. The van der Waals surface area contributed by atoms with E-state index in [0.717, 1.165) is 11.1 Å². The maximum Gasteiger partial charge on any atom is 0.407 e. The summed E-state index contributed by atoms with van der Waals surface area (Å²) >= 11 is 6.25. The number of alkyl carbamates (subject to hydrolysis) is 1. The number of nitrogens with one attached hydrogen (secondary N) is 2. The van der Waals surface area contributed by atoms with Gasteiger partial charge in [0.15, 0.2) is 0 Å². The second-order valence-electron chi connectivity index (χ2n) is 6.03. The molecule has 0 aromatic heterocycles. The van der Waals surface area contributed by atoms with Gasteiger partial charge in [-0.2, -0.15) is 0 Å². The highest BCUT2D eigenvalue weighted by Gasteiger charge is 2.42. The van der Waals surface area contributed by atoms with Gasteiger partial charge in [-0.15, -0.1) is 0 Å². The molecule has 1 aliphatic rings. The van der Waals surface area contributed by atoms with E-state index in [1.807, 2.05) is 48.5 Å². The summed E-state index contributed by atoms with van der Waals surface area (Å²) in [7, 11) is 0. The fourth-order valence-corrected chi connectivity index (χ4v) is 3.19. The molecule has 0 bridgehead atoms. The smallest absolute Gasteiger partial charge is 0.407 e. The molecule has 0 aliphatic carbocycles. The Bertz CT molecular complexity index is 766. The third-order valence-electron chi connectivity index (χ3n) is 4.35. The third kappa shape index (κ3) is 3.94. The van der Waals surface area contributed by atoms with Crippen LogP contribution in [0, 0.1) is 5.92 Å². The van der Waals surface area contributed by atoms with Crippen molar-refractivity contribution in [2.45, 2.75) is 25.6 Å². The molecule has 2 aromatic rings. The largest absolute Gasteiger partial charge is 0.445 e. The van der Waals surface area contributed by atoms with Crippen molar-refractivity contribution in [2.75, 3.05) is 0 Å². The molecule has 0 unspecified atom stereocenters. The molecule has 5 nitrogen and oxygen atoms in total. The van der Waals surface area contributed by atoms with Crippen molar-refractivity contribution in [1.82, 2.24) is 10.6 Å². The first-order chi connectivity index (χ1) is 12.1. The number of ether oxygens (including phenoxy) is 1. The predicted molar refractivity (Wildman–Crippen MR) is 95.1 cm³/mol. The zero-order valence-electron chi connectivity index (χ0n) is 13.7.